The largest absolute Gasteiger partial charge is 0.573 e. The van der Waals surface area contributed by atoms with Crippen molar-refractivity contribution in [2.75, 3.05) is 6.61 Å². The third-order valence-corrected chi connectivity index (χ3v) is 2.21. The van der Waals surface area contributed by atoms with Gasteiger partial charge in [-0.3, -0.25) is 0 Å². The van der Waals surface area contributed by atoms with Gasteiger partial charge in [-0.05, 0) is 17.7 Å². The molecule has 0 aliphatic heterocycles. The molecule has 0 radical (unpaired) electrons. The van der Waals surface area contributed by atoms with E-state index in [2.05, 4.69) is 4.74 Å². The van der Waals surface area contributed by atoms with Gasteiger partial charge >= 0.3 is 6.36 Å². The number of alkyl halides is 5. The lowest BCUT2D eigenvalue weighted by Gasteiger charge is -2.22. The molecule has 0 aromatic heterocycles. The van der Waals surface area contributed by atoms with Gasteiger partial charge in [0, 0.05) is 0 Å². The van der Waals surface area contributed by atoms with Crippen LogP contribution in [-0.4, -0.2) is 24.0 Å². The second-order valence-electron chi connectivity index (χ2n) is 3.63. The Balaban J connectivity index is 0.00000361. The summed E-state index contributed by atoms with van der Waals surface area (Å²) in [6.45, 7) is -1.57. The Kier molecular flexibility index (Phi) is 6.12. The van der Waals surface area contributed by atoms with E-state index in [1.807, 2.05) is 0 Å². The first kappa shape index (κ1) is 18.8. The van der Waals surface area contributed by atoms with Crippen LogP contribution in [0.5, 0.6) is 5.75 Å². The van der Waals surface area contributed by atoms with Crippen LogP contribution in [0.3, 0.4) is 0 Å². The van der Waals surface area contributed by atoms with Crippen LogP contribution in [-0.2, 0) is 0 Å². The van der Waals surface area contributed by atoms with Gasteiger partial charge in [0.25, 0.3) is 5.92 Å². The molecule has 0 fully saturated rings. The SMILES string of the molecule is Cl.N[C@@H](c1ccc(OC(F)(F)F)c(F)c1)C(F)(F)CO. The van der Waals surface area contributed by atoms with Crippen molar-refractivity contribution >= 4 is 12.4 Å². The molecule has 0 spiro atoms. The number of aliphatic hydroxyl groups is 1. The van der Waals surface area contributed by atoms with Gasteiger partial charge < -0.3 is 15.6 Å². The Morgan fingerprint density at radius 2 is 1.75 bits per heavy atom. The molecule has 0 bridgehead atoms. The number of halogens is 7. The van der Waals surface area contributed by atoms with E-state index in [1.54, 1.807) is 0 Å². The molecule has 0 amide bonds. The number of ether oxygens (including phenoxy) is 1. The third kappa shape index (κ3) is 4.73. The van der Waals surface area contributed by atoms with E-state index >= 15 is 0 Å². The summed E-state index contributed by atoms with van der Waals surface area (Å²) >= 11 is 0. The molecule has 1 aromatic rings. The summed E-state index contributed by atoms with van der Waals surface area (Å²) in [6.07, 6.45) is -5.10. The molecule has 10 heteroatoms. The van der Waals surface area contributed by atoms with Crippen LogP contribution in [0.4, 0.5) is 26.3 Å². The molecule has 1 atom stereocenters. The Labute approximate surface area is 115 Å². The Morgan fingerprint density at radius 1 is 1.20 bits per heavy atom. The molecule has 1 rings (SSSR count). The number of nitrogens with two attached hydrogens (primary N) is 1. The normalized spacial score (nSPS) is 13.6. The molecule has 3 nitrogen and oxygen atoms in total. The van der Waals surface area contributed by atoms with Crippen molar-refractivity contribution in [2.24, 2.45) is 5.73 Å². The zero-order valence-corrected chi connectivity index (χ0v) is 10.4. The third-order valence-electron chi connectivity index (χ3n) is 2.21. The van der Waals surface area contributed by atoms with Gasteiger partial charge in [-0.25, -0.2) is 13.2 Å². The highest BCUT2D eigenvalue weighted by molar-refractivity contribution is 5.85. The van der Waals surface area contributed by atoms with Gasteiger partial charge in [-0.2, -0.15) is 0 Å². The van der Waals surface area contributed by atoms with Crippen LogP contribution < -0.4 is 10.5 Å². The van der Waals surface area contributed by atoms with Gasteiger partial charge in [0.1, 0.15) is 6.61 Å². The molecule has 0 aliphatic carbocycles. The molecule has 0 saturated heterocycles. The lowest BCUT2D eigenvalue weighted by molar-refractivity contribution is -0.275. The van der Waals surface area contributed by atoms with Gasteiger partial charge in [-0.1, -0.05) is 6.07 Å². The zero-order chi connectivity index (χ0) is 14.8. The van der Waals surface area contributed by atoms with Crippen molar-refractivity contribution in [3.63, 3.8) is 0 Å². The molecule has 0 unspecified atom stereocenters. The van der Waals surface area contributed by atoms with Crippen molar-refractivity contribution in [1.82, 2.24) is 0 Å². The monoisotopic (exact) mass is 325 g/mol. The minimum absolute atomic E-state index is 0. The van der Waals surface area contributed by atoms with Crippen molar-refractivity contribution in [3.05, 3.63) is 29.6 Å². The number of aliphatic hydroxyl groups excluding tert-OH is 1. The minimum atomic E-state index is -5.10. The van der Waals surface area contributed by atoms with E-state index in [0.29, 0.717) is 12.1 Å². The average Bonchev–Trinajstić information content (AvgIpc) is 2.29. The molecule has 0 heterocycles. The lowest BCUT2D eigenvalue weighted by Crippen LogP contribution is -2.36. The van der Waals surface area contributed by atoms with Crippen molar-refractivity contribution in [3.8, 4) is 5.75 Å². The summed E-state index contributed by atoms with van der Waals surface area (Å²) in [6, 6.07) is -0.356. The van der Waals surface area contributed by atoms with Gasteiger partial charge in [0.05, 0.1) is 6.04 Å². The molecular weight excluding hydrogens is 316 g/mol. The van der Waals surface area contributed by atoms with E-state index in [9.17, 15) is 26.3 Å². The maximum atomic E-state index is 13.2. The zero-order valence-electron chi connectivity index (χ0n) is 9.63. The number of hydrogen-bond donors (Lipinski definition) is 2. The maximum absolute atomic E-state index is 13.2. The maximum Gasteiger partial charge on any atom is 0.573 e. The molecule has 3 N–H and O–H groups in total. The number of hydrogen-bond acceptors (Lipinski definition) is 3. The van der Waals surface area contributed by atoms with E-state index in [1.165, 1.54) is 0 Å². The Hall–Kier alpha value is -1.19. The highest BCUT2D eigenvalue weighted by Gasteiger charge is 2.38. The minimum Gasteiger partial charge on any atom is -0.403 e. The molecule has 0 saturated carbocycles. The molecule has 1 aromatic carbocycles. The first-order valence-electron chi connectivity index (χ1n) is 4.86. The summed E-state index contributed by atoms with van der Waals surface area (Å²) < 4.78 is 78.2. The molecule has 116 valence electrons. The van der Waals surface area contributed by atoms with Crippen molar-refractivity contribution in [1.29, 1.82) is 0 Å². The Bertz CT molecular complexity index is 454. The van der Waals surface area contributed by atoms with E-state index < -0.39 is 42.1 Å². The Morgan fingerprint density at radius 3 is 2.15 bits per heavy atom. The summed E-state index contributed by atoms with van der Waals surface area (Å²) in [4.78, 5) is 0. The van der Waals surface area contributed by atoms with Crippen LogP contribution in [0.2, 0.25) is 0 Å². The second kappa shape index (κ2) is 6.51. The predicted octanol–water partition coefficient (Wildman–Crippen LogP) is 2.77. The topological polar surface area (TPSA) is 55.5 Å². The van der Waals surface area contributed by atoms with Gasteiger partial charge in [0.2, 0.25) is 0 Å². The van der Waals surface area contributed by atoms with Crippen LogP contribution in [0.1, 0.15) is 11.6 Å². The summed E-state index contributed by atoms with van der Waals surface area (Å²) in [5, 5.41) is 8.41. The summed E-state index contributed by atoms with van der Waals surface area (Å²) in [5.41, 5.74) is 4.62. The summed E-state index contributed by atoms with van der Waals surface area (Å²) in [5.74, 6) is -6.37. The standard InChI is InChI=1S/C10H9F6NO2.ClH/c11-6-3-5(8(17)9(12,13)4-18)1-2-7(6)19-10(14,15)16;/h1-3,8,18H,4,17H2;1H/t8-;/m0./s1. The quantitative estimate of drug-likeness (QED) is 0.837. The van der Waals surface area contributed by atoms with Crippen LogP contribution in [0, 0.1) is 5.82 Å². The number of benzene rings is 1. The second-order valence-corrected chi connectivity index (χ2v) is 3.63. The first-order chi connectivity index (χ1) is 8.57. The summed E-state index contributed by atoms with van der Waals surface area (Å²) in [7, 11) is 0. The lowest BCUT2D eigenvalue weighted by atomic mass is 10.0. The smallest absolute Gasteiger partial charge is 0.403 e. The number of rotatable bonds is 4. The predicted molar refractivity (Wildman–Crippen MR) is 59.3 cm³/mol. The molecule has 0 aliphatic rings. The van der Waals surface area contributed by atoms with E-state index in [4.69, 9.17) is 10.8 Å². The van der Waals surface area contributed by atoms with Gasteiger partial charge in [0.15, 0.2) is 11.6 Å². The van der Waals surface area contributed by atoms with Crippen molar-refractivity contribution < 1.29 is 36.2 Å². The van der Waals surface area contributed by atoms with Crippen LogP contribution in [0.15, 0.2) is 18.2 Å². The fourth-order valence-electron chi connectivity index (χ4n) is 1.26. The fourth-order valence-corrected chi connectivity index (χ4v) is 1.26. The molecule has 20 heavy (non-hydrogen) atoms. The van der Waals surface area contributed by atoms with Crippen molar-refractivity contribution in [2.45, 2.75) is 18.3 Å². The van der Waals surface area contributed by atoms with Crippen LogP contribution >= 0.6 is 12.4 Å². The van der Waals surface area contributed by atoms with Crippen LogP contribution in [0.25, 0.3) is 0 Å². The molecular formula is C10H10ClF6NO2. The van der Waals surface area contributed by atoms with E-state index in [-0.39, 0.29) is 12.4 Å². The van der Waals surface area contributed by atoms with Gasteiger partial charge in [-0.15, -0.1) is 25.6 Å². The van der Waals surface area contributed by atoms with E-state index in [0.717, 1.165) is 6.07 Å². The average molecular weight is 326 g/mol. The first-order valence-corrected chi connectivity index (χ1v) is 4.86. The highest BCUT2D eigenvalue weighted by atomic mass is 35.5. The fraction of sp³-hybridized carbons (Fsp3) is 0.400. The highest BCUT2D eigenvalue weighted by Crippen LogP contribution is 2.32.